The standard InChI is InChI=1S/C7H14N4/c1-7(2)3-5(4-7)10-11-6(8)9/h3-4H2,1-2H3,(H4,8,9,11). The Balaban J connectivity index is 2.44. The molecule has 4 nitrogen and oxygen atoms in total. The summed E-state index contributed by atoms with van der Waals surface area (Å²) in [7, 11) is 0. The smallest absolute Gasteiger partial charge is 0.211 e. The third-order valence-electron chi connectivity index (χ3n) is 1.67. The van der Waals surface area contributed by atoms with E-state index in [4.69, 9.17) is 11.5 Å². The van der Waals surface area contributed by atoms with Crippen LogP contribution in [-0.4, -0.2) is 11.7 Å². The van der Waals surface area contributed by atoms with E-state index in [2.05, 4.69) is 24.1 Å². The molecule has 0 heterocycles. The van der Waals surface area contributed by atoms with Crippen molar-refractivity contribution >= 4 is 11.7 Å². The Morgan fingerprint density at radius 2 is 1.91 bits per heavy atom. The van der Waals surface area contributed by atoms with Gasteiger partial charge in [-0.05, 0) is 18.3 Å². The molecule has 0 aromatic rings. The molecule has 1 aliphatic rings. The second-order valence-corrected chi connectivity index (χ2v) is 3.71. The van der Waals surface area contributed by atoms with E-state index in [9.17, 15) is 0 Å². The normalized spacial score (nSPS) is 20.4. The van der Waals surface area contributed by atoms with Gasteiger partial charge in [-0.1, -0.05) is 13.8 Å². The number of rotatable bonds is 1. The monoisotopic (exact) mass is 154 g/mol. The fourth-order valence-electron chi connectivity index (χ4n) is 1.25. The summed E-state index contributed by atoms with van der Waals surface area (Å²) >= 11 is 0. The van der Waals surface area contributed by atoms with Crippen LogP contribution in [-0.2, 0) is 0 Å². The molecule has 0 atom stereocenters. The van der Waals surface area contributed by atoms with E-state index in [1.165, 1.54) is 0 Å². The lowest BCUT2D eigenvalue weighted by atomic mass is 9.71. The van der Waals surface area contributed by atoms with E-state index in [-0.39, 0.29) is 5.96 Å². The summed E-state index contributed by atoms with van der Waals surface area (Å²) in [5, 5.41) is 7.45. The van der Waals surface area contributed by atoms with Crippen LogP contribution in [0, 0.1) is 5.41 Å². The molecule has 0 spiro atoms. The van der Waals surface area contributed by atoms with E-state index in [1.807, 2.05) is 0 Å². The number of nitrogens with zero attached hydrogens (tertiary/aromatic N) is 2. The molecule has 1 fully saturated rings. The Morgan fingerprint density at radius 3 is 2.27 bits per heavy atom. The first-order chi connectivity index (χ1) is 4.99. The summed E-state index contributed by atoms with van der Waals surface area (Å²) in [5.74, 6) is 0.0298. The zero-order chi connectivity index (χ0) is 8.48. The van der Waals surface area contributed by atoms with Crippen LogP contribution < -0.4 is 11.5 Å². The van der Waals surface area contributed by atoms with Crippen molar-refractivity contribution in [1.29, 1.82) is 0 Å². The summed E-state index contributed by atoms with van der Waals surface area (Å²) in [6.07, 6.45) is 2.01. The largest absolute Gasteiger partial charge is 0.369 e. The van der Waals surface area contributed by atoms with Crippen LogP contribution in [0.2, 0.25) is 0 Å². The fourth-order valence-corrected chi connectivity index (χ4v) is 1.25. The highest BCUT2D eigenvalue weighted by Crippen LogP contribution is 2.37. The quantitative estimate of drug-likeness (QED) is 0.326. The highest BCUT2D eigenvalue weighted by molar-refractivity contribution is 5.91. The summed E-state index contributed by atoms with van der Waals surface area (Å²) in [6.45, 7) is 4.39. The van der Waals surface area contributed by atoms with Gasteiger partial charge in [0.05, 0.1) is 0 Å². The minimum absolute atomic E-state index is 0.0298. The minimum Gasteiger partial charge on any atom is -0.369 e. The second-order valence-electron chi connectivity index (χ2n) is 3.71. The van der Waals surface area contributed by atoms with E-state index in [0.717, 1.165) is 18.6 Å². The number of guanidine groups is 1. The van der Waals surface area contributed by atoms with E-state index < -0.39 is 0 Å². The van der Waals surface area contributed by atoms with Gasteiger partial charge in [-0.3, -0.25) is 0 Å². The maximum absolute atomic E-state index is 5.11. The molecule has 0 saturated heterocycles. The van der Waals surface area contributed by atoms with Gasteiger partial charge in [-0.2, -0.15) is 5.10 Å². The molecule has 0 radical (unpaired) electrons. The van der Waals surface area contributed by atoms with Gasteiger partial charge in [-0.15, -0.1) is 5.10 Å². The Morgan fingerprint density at radius 1 is 1.36 bits per heavy atom. The van der Waals surface area contributed by atoms with E-state index in [1.54, 1.807) is 0 Å². The van der Waals surface area contributed by atoms with Gasteiger partial charge in [-0.25, -0.2) is 0 Å². The van der Waals surface area contributed by atoms with Crippen molar-refractivity contribution in [2.24, 2.45) is 27.1 Å². The van der Waals surface area contributed by atoms with Gasteiger partial charge in [0, 0.05) is 5.71 Å². The number of hydrogen-bond acceptors (Lipinski definition) is 2. The number of hydrogen-bond donors (Lipinski definition) is 2. The zero-order valence-electron chi connectivity index (χ0n) is 6.96. The predicted molar refractivity (Wildman–Crippen MR) is 46.3 cm³/mol. The molecule has 11 heavy (non-hydrogen) atoms. The first-order valence-corrected chi connectivity index (χ1v) is 3.64. The van der Waals surface area contributed by atoms with Crippen molar-refractivity contribution in [2.75, 3.05) is 0 Å². The molecule has 0 unspecified atom stereocenters. The van der Waals surface area contributed by atoms with Gasteiger partial charge in [0.15, 0.2) is 0 Å². The molecule has 1 saturated carbocycles. The van der Waals surface area contributed by atoms with Crippen LogP contribution in [0.5, 0.6) is 0 Å². The molecular formula is C7H14N4. The van der Waals surface area contributed by atoms with Crippen molar-refractivity contribution in [3.8, 4) is 0 Å². The molecule has 0 aromatic carbocycles. The highest BCUT2D eigenvalue weighted by atomic mass is 15.3. The lowest BCUT2D eigenvalue weighted by molar-refractivity contribution is 0.339. The Kier molecular flexibility index (Phi) is 1.85. The Bertz CT molecular complexity index is 200. The molecule has 0 aromatic heterocycles. The van der Waals surface area contributed by atoms with Crippen LogP contribution in [0.15, 0.2) is 10.2 Å². The van der Waals surface area contributed by atoms with Crippen molar-refractivity contribution in [2.45, 2.75) is 26.7 Å². The fraction of sp³-hybridized carbons (Fsp3) is 0.714. The van der Waals surface area contributed by atoms with Crippen LogP contribution >= 0.6 is 0 Å². The molecule has 0 aliphatic heterocycles. The van der Waals surface area contributed by atoms with E-state index >= 15 is 0 Å². The summed E-state index contributed by atoms with van der Waals surface area (Å²) in [4.78, 5) is 0. The predicted octanol–water partition coefficient (Wildman–Crippen LogP) is 0.436. The Labute approximate surface area is 66.4 Å². The van der Waals surface area contributed by atoms with Crippen molar-refractivity contribution in [1.82, 2.24) is 0 Å². The molecule has 62 valence electrons. The van der Waals surface area contributed by atoms with Crippen LogP contribution in [0.1, 0.15) is 26.7 Å². The molecular weight excluding hydrogens is 140 g/mol. The summed E-state index contributed by atoms with van der Waals surface area (Å²) < 4.78 is 0. The lowest BCUT2D eigenvalue weighted by Gasteiger charge is -2.34. The van der Waals surface area contributed by atoms with E-state index in [0.29, 0.717) is 5.41 Å². The Hall–Kier alpha value is -1.06. The SMILES string of the molecule is CC1(C)CC(=NN=C(N)N)C1. The van der Waals surface area contributed by atoms with Gasteiger partial charge in [0.1, 0.15) is 0 Å². The van der Waals surface area contributed by atoms with Gasteiger partial charge >= 0.3 is 0 Å². The first-order valence-electron chi connectivity index (χ1n) is 3.64. The van der Waals surface area contributed by atoms with Gasteiger partial charge < -0.3 is 11.5 Å². The van der Waals surface area contributed by atoms with Crippen molar-refractivity contribution < 1.29 is 0 Å². The topological polar surface area (TPSA) is 76.8 Å². The van der Waals surface area contributed by atoms with Crippen molar-refractivity contribution in [3.63, 3.8) is 0 Å². The molecule has 1 aliphatic carbocycles. The lowest BCUT2D eigenvalue weighted by Crippen LogP contribution is -2.32. The van der Waals surface area contributed by atoms with Crippen LogP contribution in [0.25, 0.3) is 0 Å². The maximum atomic E-state index is 5.11. The number of nitrogens with two attached hydrogens (primary N) is 2. The van der Waals surface area contributed by atoms with Crippen molar-refractivity contribution in [3.05, 3.63) is 0 Å². The second kappa shape index (κ2) is 2.53. The molecule has 4 N–H and O–H groups in total. The van der Waals surface area contributed by atoms with Gasteiger partial charge in [0.25, 0.3) is 0 Å². The highest BCUT2D eigenvalue weighted by Gasteiger charge is 2.32. The average molecular weight is 154 g/mol. The maximum Gasteiger partial charge on any atom is 0.211 e. The summed E-state index contributed by atoms with van der Waals surface area (Å²) in [5.41, 5.74) is 11.7. The third kappa shape index (κ3) is 2.22. The third-order valence-corrected chi connectivity index (χ3v) is 1.67. The average Bonchev–Trinajstić information content (AvgIpc) is 1.78. The van der Waals surface area contributed by atoms with Crippen LogP contribution in [0.4, 0.5) is 0 Å². The molecule has 0 amide bonds. The minimum atomic E-state index is 0.0298. The first kappa shape index (κ1) is 8.04. The molecule has 1 rings (SSSR count). The molecule has 0 bridgehead atoms. The van der Waals surface area contributed by atoms with Crippen LogP contribution in [0.3, 0.4) is 0 Å². The molecule has 4 heteroatoms. The summed E-state index contributed by atoms with van der Waals surface area (Å²) in [6, 6.07) is 0. The zero-order valence-corrected chi connectivity index (χ0v) is 6.96. The van der Waals surface area contributed by atoms with Gasteiger partial charge in [0.2, 0.25) is 5.96 Å².